The number of nitrogens with zero attached hydrogens (tertiary/aromatic N) is 2. The summed E-state index contributed by atoms with van der Waals surface area (Å²) in [5, 5.41) is 7.11. The van der Waals surface area contributed by atoms with E-state index in [1.165, 1.54) is 30.0 Å². The number of likely N-dealkylation sites (tertiary alicyclic amines) is 1. The van der Waals surface area contributed by atoms with Gasteiger partial charge in [0, 0.05) is 30.3 Å². The van der Waals surface area contributed by atoms with Crippen LogP contribution in [0.15, 0.2) is 48.7 Å². The molecule has 0 aliphatic carbocycles. The lowest BCUT2D eigenvalue weighted by Crippen LogP contribution is -2.34. The van der Waals surface area contributed by atoms with Crippen LogP contribution in [0.5, 0.6) is 5.75 Å². The minimum absolute atomic E-state index is 0.000105. The van der Waals surface area contributed by atoms with E-state index in [9.17, 15) is 8.78 Å². The van der Waals surface area contributed by atoms with Crippen LogP contribution in [0.4, 0.5) is 8.78 Å². The lowest BCUT2D eigenvalue weighted by atomic mass is 9.90. The molecule has 0 saturated carbocycles. The van der Waals surface area contributed by atoms with E-state index in [0.29, 0.717) is 12.2 Å². The van der Waals surface area contributed by atoms with Crippen LogP contribution in [0.25, 0.3) is 11.1 Å². The highest BCUT2D eigenvalue weighted by molar-refractivity contribution is 5.67. The number of benzene rings is 2. The Kier molecular flexibility index (Phi) is 5.90. The fourth-order valence-corrected chi connectivity index (χ4v) is 4.11. The van der Waals surface area contributed by atoms with Crippen molar-refractivity contribution < 1.29 is 13.5 Å². The molecule has 1 aliphatic rings. The third kappa shape index (κ3) is 4.32. The number of aromatic amines is 1. The van der Waals surface area contributed by atoms with Gasteiger partial charge in [0.25, 0.3) is 0 Å². The van der Waals surface area contributed by atoms with Crippen molar-refractivity contribution in [2.24, 2.45) is 0 Å². The van der Waals surface area contributed by atoms with Gasteiger partial charge in [-0.2, -0.15) is 5.10 Å². The average molecular weight is 397 g/mol. The Balaban J connectivity index is 1.50. The third-order valence-electron chi connectivity index (χ3n) is 5.46. The molecule has 152 valence electrons. The molecule has 6 heteroatoms. The Hall–Kier alpha value is -2.73. The number of rotatable bonds is 6. The first-order chi connectivity index (χ1) is 14.2. The largest absolute Gasteiger partial charge is 0.494 e. The molecule has 0 unspecified atom stereocenters. The van der Waals surface area contributed by atoms with E-state index in [1.807, 2.05) is 19.1 Å². The molecule has 2 heterocycles. The summed E-state index contributed by atoms with van der Waals surface area (Å²) in [5.41, 5.74) is 2.55. The van der Waals surface area contributed by atoms with Gasteiger partial charge in [0.2, 0.25) is 0 Å². The lowest BCUT2D eigenvalue weighted by molar-refractivity contribution is 0.198. The van der Waals surface area contributed by atoms with Gasteiger partial charge >= 0.3 is 0 Å². The second-order valence-corrected chi connectivity index (χ2v) is 7.45. The van der Waals surface area contributed by atoms with Crippen molar-refractivity contribution in [3.8, 4) is 16.9 Å². The third-order valence-corrected chi connectivity index (χ3v) is 5.46. The van der Waals surface area contributed by atoms with Gasteiger partial charge in [0.15, 0.2) is 0 Å². The van der Waals surface area contributed by atoms with Crippen molar-refractivity contribution >= 4 is 0 Å². The van der Waals surface area contributed by atoms with Crippen molar-refractivity contribution in [2.75, 3.05) is 19.7 Å². The molecule has 1 atom stereocenters. The Morgan fingerprint density at radius 1 is 1.14 bits per heavy atom. The first kappa shape index (κ1) is 19.6. The number of halogens is 2. The van der Waals surface area contributed by atoms with E-state index in [-0.39, 0.29) is 11.5 Å². The predicted molar refractivity (Wildman–Crippen MR) is 109 cm³/mol. The number of ether oxygens (including phenoxy) is 1. The molecule has 3 aromatic rings. The molecule has 0 spiro atoms. The van der Waals surface area contributed by atoms with Crippen LogP contribution >= 0.6 is 0 Å². The minimum atomic E-state index is -0.560. The van der Waals surface area contributed by atoms with Gasteiger partial charge in [-0.15, -0.1) is 0 Å². The van der Waals surface area contributed by atoms with Crippen LogP contribution in [0.3, 0.4) is 0 Å². The molecule has 1 aromatic heterocycles. The fourth-order valence-electron chi connectivity index (χ4n) is 4.11. The van der Waals surface area contributed by atoms with Crippen molar-refractivity contribution in [3.05, 3.63) is 71.6 Å². The summed E-state index contributed by atoms with van der Waals surface area (Å²) >= 11 is 0. The number of H-pyrrole nitrogens is 1. The quantitative estimate of drug-likeness (QED) is 0.627. The maximum absolute atomic E-state index is 14.3. The molecule has 4 rings (SSSR count). The Bertz CT molecular complexity index is 935. The SMILES string of the molecule is CCOc1ccc(CN2CCC[C@@H](c3[nH]ncc3-c3c(F)cccc3F)C2)cc1. The number of aromatic nitrogens is 2. The van der Waals surface area contributed by atoms with E-state index >= 15 is 0 Å². The maximum atomic E-state index is 14.3. The highest BCUT2D eigenvalue weighted by atomic mass is 19.1. The van der Waals surface area contributed by atoms with Crippen LogP contribution in [-0.4, -0.2) is 34.8 Å². The molecule has 1 fully saturated rings. The van der Waals surface area contributed by atoms with Gasteiger partial charge in [0.05, 0.1) is 18.4 Å². The normalized spacial score (nSPS) is 17.4. The van der Waals surface area contributed by atoms with Crippen molar-refractivity contribution in [1.29, 1.82) is 0 Å². The van der Waals surface area contributed by atoms with Gasteiger partial charge in [0.1, 0.15) is 17.4 Å². The van der Waals surface area contributed by atoms with Gasteiger partial charge < -0.3 is 4.74 Å². The molecule has 0 amide bonds. The molecule has 2 aromatic carbocycles. The zero-order chi connectivity index (χ0) is 20.2. The van der Waals surface area contributed by atoms with Gasteiger partial charge in [-0.05, 0) is 56.1 Å². The molecular formula is C23H25F2N3O. The van der Waals surface area contributed by atoms with Crippen LogP contribution in [0.2, 0.25) is 0 Å². The summed E-state index contributed by atoms with van der Waals surface area (Å²) < 4.78 is 34.1. The number of hydrogen-bond acceptors (Lipinski definition) is 3. The smallest absolute Gasteiger partial charge is 0.134 e. The van der Waals surface area contributed by atoms with Crippen molar-refractivity contribution in [3.63, 3.8) is 0 Å². The maximum Gasteiger partial charge on any atom is 0.134 e. The first-order valence-corrected chi connectivity index (χ1v) is 10.1. The first-order valence-electron chi connectivity index (χ1n) is 10.1. The zero-order valence-electron chi connectivity index (χ0n) is 16.5. The highest BCUT2D eigenvalue weighted by Crippen LogP contribution is 2.35. The van der Waals surface area contributed by atoms with E-state index in [4.69, 9.17) is 4.74 Å². The summed E-state index contributed by atoms with van der Waals surface area (Å²) in [5.74, 6) is -0.0888. The zero-order valence-corrected chi connectivity index (χ0v) is 16.5. The Morgan fingerprint density at radius 3 is 2.62 bits per heavy atom. The number of hydrogen-bond donors (Lipinski definition) is 1. The molecule has 29 heavy (non-hydrogen) atoms. The Labute approximate surface area is 169 Å². The number of nitrogens with one attached hydrogen (secondary N) is 1. The second-order valence-electron chi connectivity index (χ2n) is 7.45. The average Bonchev–Trinajstić information content (AvgIpc) is 3.19. The van der Waals surface area contributed by atoms with Crippen LogP contribution in [-0.2, 0) is 6.54 Å². The molecule has 0 bridgehead atoms. The highest BCUT2D eigenvalue weighted by Gasteiger charge is 2.27. The van der Waals surface area contributed by atoms with Crippen molar-refractivity contribution in [2.45, 2.75) is 32.2 Å². The monoisotopic (exact) mass is 397 g/mol. The Morgan fingerprint density at radius 2 is 1.90 bits per heavy atom. The summed E-state index contributed by atoms with van der Waals surface area (Å²) in [6, 6.07) is 12.1. The summed E-state index contributed by atoms with van der Waals surface area (Å²) in [6.45, 7) is 5.28. The lowest BCUT2D eigenvalue weighted by Gasteiger charge is -2.32. The van der Waals surface area contributed by atoms with E-state index in [0.717, 1.165) is 43.9 Å². The topological polar surface area (TPSA) is 41.1 Å². The molecule has 1 saturated heterocycles. The van der Waals surface area contributed by atoms with E-state index in [2.05, 4.69) is 27.2 Å². The standard InChI is InChI=1S/C23H25F2N3O/c1-2-29-18-10-8-16(9-11-18)14-28-12-4-5-17(15-28)23-19(13-26-27-23)22-20(24)6-3-7-21(22)25/h3,6-11,13,17H,2,4-5,12,14-15H2,1H3,(H,26,27)/t17-/m1/s1. The molecule has 4 nitrogen and oxygen atoms in total. The van der Waals surface area contributed by atoms with Crippen LogP contribution in [0, 0.1) is 11.6 Å². The second kappa shape index (κ2) is 8.74. The summed E-state index contributed by atoms with van der Waals surface area (Å²) in [7, 11) is 0. The molecule has 0 radical (unpaired) electrons. The van der Waals surface area contributed by atoms with Gasteiger partial charge in [-0.3, -0.25) is 10.00 Å². The molecular weight excluding hydrogens is 372 g/mol. The summed E-state index contributed by atoms with van der Waals surface area (Å²) in [4.78, 5) is 2.38. The van der Waals surface area contributed by atoms with Crippen LogP contribution in [0.1, 0.15) is 36.9 Å². The van der Waals surface area contributed by atoms with E-state index in [1.54, 1.807) is 0 Å². The van der Waals surface area contributed by atoms with E-state index < -0.39 is 11.6 Å². The van der Waals surface area contributed by atoms with Gasteiger partial charge in [-0.1, -0.05) is 18.2 Å². The minimum Gasteiger partial charge on any atom is -0.494 e. The molecule has 1 N–H and O–H groups in total. The number of piperidine rings is 1. The molecule has 1 aliphatic heterocycles. The van der Waals surface area contributed by atoms with Crippen molar-refractivity contribution in [1.82, 2.24) is 15.1 Å². The predicted octanol–water partition coefficient (Wildman–Crippen LogP) is 5.13. The van der Waals surface area contributed by atoms with Crippen LogP contribution < -0.4 is 4.74 Å². The van der Waals surface area contributed by atoms with Gasteiger partial charge in [-0.25, -0.2) is 8.78 Å². The summed E-state index contributed by atoms with van der Waals surface area (Å²) in [6.07, 6.45) is 3.52. The fraction of sp³-hybridized carbons (Fsp3) is 0.348.